The first kappa shape index (κ1) is 12.6. The lowest BCUT2D eigenvalue weighted by atomic mass is 9.82. The first-order valence-electron chi connectivity index (χ1n) is 6.17. The monoisotopic (exact) mass is 243 g/mol. The standard InChI is InChI=1S/C14H17N3O/c1-14(2)5-7-17(8-6-14)13(18)12-4-3-11(9-15)10-16-12/h3-4,10H,5-8H2,1-2H3. The molecular weight excluding hydrogens is 226 g/mol. The van der Waals surface area contributed by atoms with E-state index in [0.717, 1.165) is 25.9 Å². The Morgan fingerprint density at radius 2 is 2.06 bits per heavy atom. The number of hydrogen-bond donors (Lipinski definition) is 0. The van der Waals surface area contributed by atoms with Gasteiger partial charge in [-0.2, -0.15) is 5.26 Å². The highest BCUT2D eigenvalue weighted by Gasteiger charge is 2.28. The SMILES string of the molecule is CC1(C)CCN(C(=O)c2ccc(C#N)cn2)CC1. The number of carbonyl (C=O) groups is 1. The van der Waals surface area contributed by atoms with Crippen LogP contribution in [0.2, 0.25) is 0 Å². The molecule has 2 heterocycles. The van der Waals surface area contributed by atoms with Gasteiger partial charge in [0.1, 0.15) is 11.8 Å². The lowest BCUT2D eigenvalue weighted by Crippen LogP contribution is -2.41. The van der Waals surface area contributed by atoms with Crippen LogP contribution in [0.1, 0.15) is 42.7 Å². The minimum Gasteiger partial charge on any atom is -0.337 e. The molecule has 2 rings (SSSR count). The Morgan fingerprint density at radius 3 is 2.56 bits per heavy atom. The largest absolute Gasteiger partial charge is 0.337 e. The van der Waals surface area contributed by atoms with E-state index in [1.165, 1.54) is 6.20 Å². The van der Waals surface area contributed by atoms with E-state index >= 15 is 0 Å². The van der Waals surface area contributed by atoms with Crippen molar-refractivity contribution in [3.05, 3.63) is 29.6 Å². The summed E-state index contributed by atoms with van der Waals surface area (Å²) >= 11 is 0. The molecule has 18 heavy (non-hydrogen) atoms. The average molecular weight is 243 g/mol. The highest BCUT2D eigenvalue weighted by Crippen LogP contribution is 2.30. The number of nitrogens with zero attached hydrogens (tertiary/aromatic N) is 3. The second-order valence-corrected chi connectivity index (χ2v) is 5.50. The Hall–Kier alpha value is -1.89. The van der Waals surface area contributed by atoms with Crippen LogP contribution in [0.4, 0.5) is 0 Å². The Labute approximate surface area is 107 Å². The summed E-state index contributed by atoms with van der Waals surface area (Å²) in [7, 11) is 0. The first-order chi connectivity index (χ1) is 8.52. The minimum atomic E-state index is -0.0324. The molecule has 0 aliphatic carbocycles. The number of likely N-dealkylation sites (tertiary alicyclic amines) is 1. The Kier molecular flexibility index (Phi) is 3.33. The maximum Gasteiger partial charge on any atom is 0.272 e. The predicted octanol–water partition coefficient (Wildman–Crippen LogP) is 2.22. The summed E-state index contributed by atoms with van der Waals surface area (Å²) in [6.45, 7) is 6.03. The van der Waals surface area contributed by atoms with Gasteiger partial charge in [-0.3, -0.25) is 4.79 Å². The van der Waals surface area contributed by atoms with Gasteiger partial charge < -0.3 is 4.90 Å². The number of carbonyl (C=O) groups excluding carboxylic acids is 1. The van der Waals surface area contributed by atoms with E-state index in [4.69, 9.17) is 5.26 Å². The van der Waals surface area contributed by atoms with Crippen molar-refractivity contribution in [1.82, 2.24) is 9.88 Å². The second-order valence-electron chi connectivity index (χ2n) is 5.50. The van der Waals surface area contributed by atoms with Gasteiger partial charge in [-0.1, -0.05) is 13.8 Å². The van der Waals surface area contributed by atoms with Gasteiger partial charge in [0, 0.05) is 19.3 Å². The second kappa shape index (κ2) is 4.77. The van der Waals surface area contributed by atoms with E-state index in [2.05, 4.69) is 18.8 Å². The van der Waals surface area contributed by atoms with Crippen LogP contribution in [-0.4, -0.2) is 28.9 Å². The molecule has 1 aliphatic heterocycles. The van der Waals surface area contributed by atoms with Crippen LogP contribution in [0.15, 0.2) is 18.3 Å². The molecule has 0 N–H and O–H groups in total. The zero-order valence-corrected chi connectivity index (χ0v) is 10.8. The van der Waals surface area contributed by atoms with Crippen LogP contribution in [0.3, 0.4) is 0 Å². The fourth-order valence-corrected chi connectivity index (χ4v) is 2.06. The van der Waals surface area contributed by atoms with Crippen molar-refractivity contribution in [3.63, 3.8) is 0 Å². The highest BCUT2D eigenvalue weighted by atomic mass is 16.2. The van der Waals surface area contributed by atoms with E-state index in [-0.39, 0.29) is 5.91 Å². The summed E-state index contributed by atoms with van der Waals surface area (Å²) in [6, 6.07) is 5.25. The van der Waals surface area contributed by atoms with Crippen LogP contribution >= 0.6 is 0 Å². The molecule has 0 spiro atoms. The fraction of sp³-hybridized carbons (Fsp3) is 0.500. The lowest BCUT2D eigenvalue weighted by Gasteiger charge is -2.36. The van der Waals surface area contributed by atoms with E-state index in [9.17, 15) is 4.79 Å². The quantitative estimate of drug-likeness (QED) is 0.760. The molecular formula is C14H17N3O. The summed E-state index contributed by atoms with van der Waals surface area (Å²) in [6.07, 6.45) is 3.49. The van der Waals surface area contributed by atoms with E-state index in [1.807, 2.05) is 11.0 Å². The van der Waals surface area contributed by atoms with Gasteiger partial charge in [0.15, 0.2) is 0 Å². The van der Waals surface area contributed by atoms with Crippen molar-refractivity contribution < 1.29 is 4.79 Å². The molecule has 1 saturated heterocycles. The molecule has 0 radical (unpaired) electrons. The van der Waals surface area contributed by atoms with Crippen molar-refractivity contribution in [3.8, 4) is 6.07 Å². The van der Waals surface area contributed by atoms with Gasteiger partial charge in [-0.15, -0.1) is 0 Å². The van der Waals surface area contributed by atoms with E-state index in [1.54, 1.807) is 12.1 Å². The zero-order chi connectivity index (χ0) is 13.2. The van der Waals surface area contributed by atoms with Crippen molar-refractivity contribution in [2.75, 3.05) is 13.1 Å². The molecule has 0 saturated carbocycles. The zero-order valence-electron chi connectivity index (χ0n) is 10.8. The molecule has 1 fully saturated rings. The topological polar surface area (TPSA) is 57.0 Å². The highest BCUT2D eigenvalue weighted by molar-refractivity contribution is 5.92. The van der Waals surface area contributed by atoms with Gasteiger partial charge in [0.25, 0.3) is 5.91 Å². The molecule has 94 valence electrons. The van der Waals surface area contributed by atoms with Crippen LogP contribution < -0.4 is 0 Å². The maximum absolute atomic E-state index is 12.2. The lowest BCUT2D eigenvalue weighted by molar-refractivity contribution is 0.0624. The number of pyridine rings is 1. The summed E-state index contributed by atoms with van der Waals surface area (Å²) in [5.74, 6) is -0.0324. The fourth-order valence-electron chi connectivity index (χ4n) is 2.06. The molecule has 0 unspecified atom stereocenters. The van der Waals surface area contributed by atoms with Crippen molar-refractivity contribution >= 4 is 5.91 Å². The summed E-state index contributed by atoms with van der Waals surface area (Å²) < 4.78 is 0. The predicted molar refractivity (Wildman–Crippen MR) is 67.9 cm³/mol. The van der Waals surface area contributed by atoms with Crippen LogP contribution in [-0.2, 0) is 0 Å². The number of nitriles is 1. The van der Waals surface area contributed by atoms with Gasteiger partial charge in [0.05, 0.1) is 5.56 Å². The van der Waals surface area contributed by atoms with Crippen molar-refractivity contribution in [1.29, 1.82) is 5.26 Å². The molecule has 0 atom stereocenters. The minimum absolute atomic E-state index is 0.0324. The molecule has 1 aromatic heterocycles. The third kappa shape index (κ3) is 2.67. The maximum atomic E-state index is 12.2. The summed E-state index contributed by atoms with van der Waals surface area (Å²) in [5.41, 5.74) is 1.23. The van der Waals surface area contributed by atoms with Gasteiger partial charge in [-0.05, 0) is 30.4 Å². The smallest absolute Gasteiger partial charge is 0.272 e. The Morgan fingerprint density at radius 1 is 1.39 bits per heavy atom. The Balaban J connectivity index is 2.06. The van der Waals surface area contributed by atoms with Gasteiger partial charge >= 0.3 is 0 Å². The first-order valence-corrected chi connectivity index (χ1v) is 6.17. The number of hydrogen-bond acceptors (Lipinski definition) is 3. The average Bonchev–Trinajstić information content (AvgIpc) is 2.38. The summed E-state index contributed by atoms with van der Waals surface area (Å²) in [4.78, 5) is 18.1. The molecule has 0 bridgehead atoms. The number of piperidine rings is 1. The Bertz CT molecular complexity index is 475. The molecule has 4 nitrogen and oxygen atoms in total. The number of aromatic nitrogens is 1. The third-order valence-electron chi connectivity index (χ3n) is 3.52. The van der Waals surface area contributed by atoms with Crippen LogP contribution in [0, 0.1) is 16.7 Å². The summed E-state index contributed by atoms with van der Waals surface area (Å²) in [5, 5.41) is 8.69. The normalized spacial score (nSPS) is 18.2. The molecule has 1 amide bonds. The molecule has 0 aromatic carbocycles. The number of rotatable bonds is 1. The molecule has 1 aromatic rings. The van der Waals surface area contributed by atoms with E-state index in [0.29, 0.717) is 16.7 Å². The van der Waals surface area contributed by atoms with Crippen LogP contribution in [0.5, 0.6) is 0 Å². The van der Waals surface area contributed by atoms with Crippen LogP contribution in [0.25, 0.3) is 0 Å². The third-order valence-corrected chi connectivity index (χ3v) is 3.52. The van der Waals surface area contributed by atoms with Crippen molar-refractivity contribution in [2.24, 2.45) is 5.41 Å². The molecule has 1 aliphatic rings. The number of amides is 1. The van der Waals surface area contributed by atoms with Gasteiger partial charge in [-0.25, -0.2) is 4.98 Å². The van der Waals surface area contributed by atoms with Crippen molar-refractivity contribution in [2.45, 2.75) is 26.7 Å². The molecule has 4 heteroatoms. The van der Waals surface area contributed by atoms with E-state index < -0.39 is 0 Å². The van der Waals surface area contributed by atoms with Gasteiger partial charge in [0.2, 0.25) is 0 Å².